The highest BCUT2D eigenvalue weighted by molar-refractivity contribution is 9.13. The summed E-state index contributed by atoms with van der Waals surface area (Å²) in [5.74, 6) is 0.413. The number of aliphatic imine (C=N–C) groups is 1. The Balaban J connectivity index is 1.85. The molecule has 1 aliphatic rings. The fourth-order valence-corrected chi connectivity index (χ4v) is 3.61. The molecule has 118 valence electrons. The largest absolute Gasteiger partial charge is 0.449 e. The maximum atomic E-state index is 12.1. The number of carbonyl (C=O) groups is 1. The molecular formula is C16H12Br2N2O2S. The van der Waals surface area contributed by atoms with E-state index in [2.05, 4.69) is 48.2 Å². The minimum Gasteiger partial charge on any atom is -0.449 e. The first-order valence-electron chi connectivity index (χ1n) is 6.73. The molecule has 1 aromatic heterocycles. The maximum absolute atomic E-state index is 12.1. The van der Waals surface area contributed by atoms with E-state index in [0.717, 1.165) is 21.3 Å². The molecule has 2 aromatic rings. The normalized spacial score (nSPS) is 18.0. The van der Waals surface area contributed by atoms with Crippen molar-refractivity contribution >= 4 is 66.5 Å². The topological polar surface area (TPSA) is 54.6 Å². The van der Waals surface area contributed by atoms with Crippen molar-refractivity contribution in [2.24, 2.45) is 4.99 Å². The molecule has 2 heterocycles. The monoisotopic (exact) mass is 454 g/mol. The molecule has 1 saturated heterocycles. The molecule has 0 aliphatic carbocycles. The third kappa shape index (κ3) is 3.97. The summed E-state index contributed by atoms with van der Waals surface area (Å²) in [5.41, 5.74) is 3.11. The molecule has 4 nitrogen and oxygen atoms in total. The number of amidine groups is 1. The summed E-state index contributed by atoms with van der Waals surface area (Å²) in [7, 11) is 0. The second kappa shape index (κ2) is 6.67. The van der Waals surface area contributed by atoms with Gasteiger partial charge in [-0.05, 0) is 86.8 Å². The minimum absolute atomic E-state index is 0.179. The van der Waals surface area contributed by atoms with Crippen molar-refractivity contribution < 1.29 is 9.21 Å². The summed E-state index contributed by atoms with van der Waals surface area (Å²) in [6, 6.07) is 7.84. The fraction of sp³-hybridized carbons (Fsp3) is 0.125. The summed E-state index contributed by atoms with van der Waals surface area (Å²) in [6.07, 6.45) is 1.69. The molecule has 0 saturated carbocycles. The first-order valence-corrected chi connectivity index (χ1v) is 9.14. The molecule has 0 bridgehead atoms. The Morgan fingerprint density at radius 1 is 1.17 bits per heavy atom. The summed E-state index contributed by atoms with van der Waals surface area (Å²) in [6.45, 7) is 4.05. The number of halogens is 2. The Morgan fingerprint density at radius 2 is 1.87 bits per heavy atom. The summed E-state index contributed by atoms with van der Waals surface area (Å²) < 4.78 is 6.87. The van der Waals surface area contributed by atoms with Crippen molar-refractivity contribution in [3.05, 3.63) is 55.2 Å². The molecule has 1 amide bonds. The van der Waals surface area contributed by atoms with Crippen molar-refractivity contribution in [1.29, 1.82) is 0 Å². The van der Waals surface area contributed by atoms with Gasteiger partial charge in [-0.15, -0.1) is 0 Å². The van der Waals surface area contributed by atoms with Gasteiger partial charge in [-0.2, -0.15) is 0 Å². The lowest BCUT2D eigenvalue weighted by Crippen LogP contribution is -2.19. The average Bonchev–Trinajstić information content (AvgIpc) is 2.92. The van der Waals surface area contributed by atoms with Crippen LogP contribution in [0.25, 0.3) is 6.08 Å². The van der Waals surface area contributed by atoms with Gasteiger partial charge < -0.3 is 9.73 Å². The molecule has 0 atom stereocenters. The Labute approximate surface area is 154 Å². The number of nitrogens with one attached hydrogen (secondary N) is 1. The predicted molar refractivity (Wildman–Crippen MR) is 101 cm³/mol. The number of hydrogen-bond acceptors (Lipinski definition) is 4. The lowest BCUT2D eigenvalue weighted by Gasteiger charge is -2.00. The SMILES string of the molecule is Cc1cc(C)cc(N=C2NC(=O)/C(=C/c3cc(Br)c(Br)o3)S2)c1. The molecule has 0 unspecified atom stereocenters. The molecule has 1 fully saturated rings. The first-order chi connectivity index (χ1) is 10.9. The number of hydrogen-bond donors (Lipinski definition) is 1. The van der Waals surface area contributed by atoms with Crippen LogP contribution in [-0.4, -0.2) is 11.1 Å². The van der Waals surface area contributed by atoms with Crippen LogP contribution >= 0.6 is 43.6 Å². The van der Waals surface area contributed by atoms with Gasteiger partial charge in [0, 0.05) is 6.08 Å². The number of amides is 1. The van der Waals surface area contributed by atoms with E-state index in [4.69, 9.17) is 4.42 Å². The van der Waals surface area contributed by atoms with Crippen molar-refractivity contribution in [3.63, 3.8) is 0 Å². The Morgan fingerprint density at radius 3 is 2.48 bits per heavy atom. The van der Waals surface area contributed by atoms with E-state index < -0.39 is 0 Å². The lowest BCUT2D eigenvalue weighted by atomic mass is 10.1. The quantitative estimate of drug-likeness (QED) is 0.624. The molecule has 23 heavy (non-hydrogen) atoms. The van der Waals surface area contributed by atoms with Gasteiger partial charge in [0.1, 0.15) is 5.76 Å². The van der Waals surface area contributed by atoms with E-state index in [1.54, 1.807) is 12.1 Å². The zero-order chi connectivity index (χ0) is 16.6. The molecule has 1 aliphatic heterocycles. The smallest absolute Gasteiger partial charge is 0.264 e. The molecule has 7 heteroatoms. The number of thioether (sulfide) groups is 1. The van der Waals surface area contributed by atoms with Crippen LogP contribution in [0.2, 0.25) is 0 Å². The number of rotatable bonds is 2. The maximum Gasteiger partial charge on any atom is 0.264 e. The van der Waals surface area contributed by atoms with Crippen LogP contribution in [0, 0.1) is 13.8 Å². The van der Waals surface area contributed by atoms with Crippen LogP contribution < -0.4 is 5.32 Å². The van der Waals surface area contributed by atoms with Gasteiger partial charge in [0.15, 0.2) is 9.84 Å². The van der Waals surface area contributed by atoms with Crippen LogP contribution in [0.3, 0.4) is 0 Å². The Bertz CT molecular complexity index is 816. The van der Waals surface area contributed by atoms with E-state index in [9.17, 15) is 4.79 Å². The van der Waals surface area contributed by atoms with E-state index in [0.29, 0.717) is 20.5 Å². The lowest BCUT2D eigenvalue weighted by molar-refractivity contribution is -0.115. The van der Waals surface area contributed by atoms with Gasteiger partial charge in [-0.3, -0.25) is 4.79 Å². The summed E-state index contributed by atoms with van der Waals surface area (Å²) in [5, 5.41) is 3.34. The van der Waals surface area contributed by atoms with Crippen molar-refractivity contribution in [3.8, 4) is 0 Å². The molecular weight excluding hydrogens is 444 g/mol. The van der Waals surface area contributed by atoms with Gasteiger partial charge in [-0.1, -0.05) is 6.07 Å². The van der Waals surface area contributed by atoms with Crippen LogP contribution in [0.1, 0.15) is 16.9 Å². The van der Waals surface area contributed by atoms with Gasteiger partial charge in [0.05, 0.1) is 15.1 Å². The Kier molecular flexibility index (Phi) is 4.79. The minimum atomic E-state index is -0.179. The molecule has 0 radical (unpaired) electrons. The molecule has 0 spiro atoms. The molecule has 1 aromatic carbocycles. The highest BCUT2D eigenvalue weighted by atomic mass is 79.9. The van der Waals surface area contributed by atoms with Crippen molar-refractivity contribution in [2.45, 2.75) is 13.8 Å². The molecule has 3 rings (SSSR count). The second-order valence-corrected chi connectivity index (χ2v) is 7.70. The summed E-state index contributed by atoms with van der Waals surface area (Å²) in [4.78, 5) is 17.1. The summed E-state index contributed by atoms with van der Waals surface area (Å²) >= 11 is 7.92. The van der Waals surface area contributed by atoms with Gasteiger partial charge >= 0.3 is 0 Å². The zero-order valence-electron chi connectivity index (χ0n) is 12.3. The van der Waals surface area contributed by atoms with Crippen molar-refractivity contribution in [2.75, 3.05) is 0 Å². The number of carbonyl (C=O) groups excluding carboxylic acids is 1. The van der Waals surface area contributed by atoms with Crippen molar-refractivity contribution in [1.82, 2.24) is 5.32 Å². The number of nitrogens with zero attached hydrogens (tertiary/aromatic N) is 1. The van der Waals surface area contributed by atoms with Gasteiger partial charge in [0.25, 0.3) is 5.91 Å². The van der Waals surface area contributed by atoms with Gasteiger partial charge in [-0.25, -0.2) is 4.99 Å². The van der Waals surface area contributed by atoms with Crippen LogP contribution in [0.5, 0.6) is 0 Å². The highest BCUT2D eigenvalue weighted by Gasteiger charge is 2.24. The zero-order valence-corrected chi connectivity index (χ0v) is 16.3. The third-order valence-corrected chi connectivity index (χ3v) is 5.65. The van der Waals surface area contributed by atoms with Crippen LogP contribution in [-0.2, 0) is 4.79 Å². The van der Waals surface area contributed by atoms with E-state index in [1.807, 2.05) is 26.0 Å². The second-order valence-electron chi connectivity index (χ2n) is 5.10. The van der Waals surface area contributed by atoms with Crippen LogP contribution in [0.4, 0.5) is 5.69 Å². The number of benzene rings is 1. The number of aryl methyl sites for hydroxylation is 2. The third-order valence-electron chi connectivity index (χ3n) is 3.03. The average molecular weight is 456 g/mol. The van der Waals surface area contributed by atoms with E-state index in [1.165, 1.54) is 11.8 Å². The Hall–Kier alpha value is -1.31. The number of furan rings is 1. The van der Waals surface area contributed by atoms with Crippen LogP contribution in [0.15, 0.2) is 47.7 Å². The van der Waals surface area contributed by atoms with E-state index in [-0.39, 0.29) is 5.91 Å². The molecule has 1 N–H and O–H groups in total. The highest BCUT2D eigenvalue weighted by Crippen LogP contribution is 2.32. The van der Waals surface area contributed by atoms with Gasteiger partial charge in [0.2, 0.25) is 0 Å². The standard InChI is InChI=1S/C16H12Br2N2O2S/c1-8-3-9(2)5-10(4-8)19-16-20-15(21)13(23-16)7-11-6-12(17)14(18)22-11/h3-7H,1-2H3,(H,19,20,21)/b13-7-. The predicted octanol–water partition coefficient (Wildman–Crippen LogP) is 5.31. The van der Waals surface area contributed by atoms with E-state index >= 15 is 0 Å². The fourth-order valence-electron chi connectivity index (χ4n) is 2.18. The first kappa shape index (κ1) is 16.5.